The standard InChI is InChI=1S/C18H15N3O4/c1-12-3-7-17-19-16(11-20(17)10-12)15-6-5-14(21(23)24)9-13(15)4-8-18(22)25-2/h3-11H,1-2H3/b8-4+. The first-order valence-corrected chi connectivity index (χ1v) is 7.48. The van der Waals surface area contributed by atoms with Crippen molar-refractivity contribution in [1.29, 1.82) is 0 Å². The van der Waals surface area contributed by atoms with Crippen molar-refractivity contribution in [3.63, 3.8) is 0 Å². The van der Waals surface area contributed by atoms with Crippen LogP contribution in [0.15, 0.2) is 48.8 Å². The second kappa shape index (κ2) is 6.56. The predicted molar refractivity (Wildman–Crippen MR) is 93.1 cm³/mol. The summed E-state index contributed by atoms with van der Waals surface area (Å²) in [6.45, 7) is 1.98. The highest BCUT2D eigenvalue weighted by atomic mass is 16.6. The largest absolute Gasteiger partial charge is 0.466 e. The van der Waals surface area contributed by atoms with Gasteiger partial charge in [-0.1, -0.05) is 6.07 Å². The van der Waals surface area contributed by atoms with E-state index in [1.807, 2.05) is 35.9 Å². The van der Waals surface area contributed by atoms with Crippen molar-refractivity contribution >= 4 is 23.4 Å². The lowest BCUT2D eigenvalue weighted by atomic mass is 10.0. The van der Waals surface area contributed by atoms with Gasteiger partial charge in [-0.25, -0.2) is 9.78 Å². The van der Waals surface area contributed by atoms with E-state index in [0.717, 1.165) is 11.2 Å². The molecule has 0 spiro atoms. The summed E-state index contributed by atoms with van der Waals surface area (Å²) < 4.78 is 6.47. The van der Waals surface area contributed by atoms with Crippen LogP contribution in [0.25, 0.3) is 23.0 Å². The van der Waals surface area contributed by atoms with E-state index in [-0.39, 0.29) is 5.69 Å². The highest BCUT2D eigenvalue weighted by Gasteiger charge is 2.13. The van der Waals surface area contributed by atoms with Crippen molar-refractivity contribution < 1.29 is 14.5 Å². The van der Waals surface area contributed by atoms with Crippen LogP contribution in [-0.4, -0.2) is 27.4 Å². The highest BCUT2D eigenvalue weighted by molar-refractivity contribution is 5.89. The molecule has 0 bridgehead atoms. The van der Waals surface area contributed by atoms with Gasteiger partial charge in [-0.3, -0.25) is 10.1 Å². The number of non-ortho nitro benzene ring substituents is 1. The maximum absolute atomic E-state index is 11.4. The molecule has 0 saturated heterocycles. The van der Waals surface area contributed by atoms with Gasteiger partial charge in [0.15, 0.2) is 0 Å². The number of methoxy groups -OCH3 is 1. The van der Waals surface area contributed by atoms with Crippen molar-refractivity contribution in [1.82, 2.24) is 9.38 Å². The van der Waals surface area contributed by atoms with Gasteiger partial charge in [-0.2, -0.15) is 0 Å². The molecular formula is C18H15N3O4. The molecule has 0 N–H and O–H groups in total. The molecule has 0 radical (unpaired) electrons. The molecule has 25 heavy (non-hydrogen) atoms. The van der Waals surface area contributed by atoms with E-state index in [9.17, 15) is 14.9 Å². The molecule has 3 rings (SSSR count). The second-order valence-corrected chi connectivity index (χ2v) is 5.48. The van der Waals surface area contributed by atoms with E-state index >= 15 is 0 Å². The number of aromatic nitrogens is 2. The van der Waals surface area contributed by atoms with E-state index in [2.05, 4.69) is 9.72 Å². The summed E-state index contributed by atoms with van der Waals surface area (Å²) in [5.41, 5.74) is 3.65. The maximum Gasteiger partial charge on any atom is 0.330 e. The number of hydrogen-bond donors (Lipinski definition) is 0. The minimum absolute atomic E-state index is 0.0622. The molecule has 0 unspecified atom stereocenters. The average molecular weight is 337 g/mol. The number of pyridine rings is 1. The fourth-order valence-corrected chi connectivity index (χ4v) is 2.49. The van der Waals surface area contributed by atoms with Gasteiger partial charge < -0.3 is 9.14 Å². The van der Waals surface area contributed by atoms with Crippen LogP contribution >= 0.6 is 0 Å². The second-order valence-electron chi connectivity index (χ2n) is 5.48. The van der Waals surface area contributed by atoms with Crippen molar-refractivity contribution in [2.75, 3.05) is 7.11 Å². The van der Waals surface area contributed by atoms with E-state index in [1.54, 1.807) is 6.07 Å². The van der Waals surface area contributed by atoms with E-state index in [1.165, 1.54) is 31.4 Å². The van der Waals surface area contributed by atoms with Gasteiger partial charge in [0.25, 0.3) is 5.69 Å². The smallest absolute Gasteiger partial charge is 0.330 e. The molecule has 3 aromatic rings. The zero-order valence-corrected chi connectivity index (χ0v) is 13.7. The van der Waals surface area contributed by atoms with E-state index in [4.69, 9.17) is 0 Å². The van der Waals surface area contributed by atoms with Crippen molar-refractivity contribution in [3.8, 4) is 11.3 Å². The van der Waals surface area contributed by atoms with Gasteiger partial charge in [0.2, 0.25) is 0 Å². The summed E-state index contributed by atoms with van der Waals surface area (Å²) in [6, 6.07) is 8.31. The Kier molecular flexibility index (Phi) is 4.30. The third kappa shape index (κ3) is 3.40. The Hall–Kier alpha value is -3.48. The van der Waals surface area contributed by atoms with Crippen LogP contribution in [0.4, 0.5) is 5.69 Å². The van der Waals surface area contributed by atoms with Crippen LogP contribution in [0.5, 0.6) is 0 Å². The summed E-state index contributed by atoms with van der Waals surface area (Å²) in [7, 11) is 1.27. The number of nitro groups is 1. The Balaban J connectivity index is 2.13. The third-order valence-corrected chi connectivity index (χ3v) is 3.72. The van der Waals surface area contributed by atoms with Gasteiger partial charge in [0.05, 0.1) is 17.7 Å². The fraction of sp³-hybridized carbons (Fsp3) is 0.111. The Morgan fingerprint density at radius 1 is 1.28 bits per heavy atom. The molecule has 1 aromatic carbocycles. The number of esters is 1. The van der Waals surface area contributed by atoms with Gasteiger partial charge in [-0.05, 0) is 36.3 Å². The van der Waals surface area contributed by atoms with Crippen LogP contribution in [0.2, 0.25) is 0 Å². The minimum atomic E-state index is -0.539. The van der Waals surface area contributed by atoms with Crippen LogP contribution in [-0.2, 0) is 9.53 Å². The van der Waals surface area contributed by atoms with Gasteiger partial charge in [0.1, 0.15) is 5.65 Å². The van der Waals surface area contributed by atoms with Crippen LogP contribution < -0.4 is 0 Å². The fourth-order valence-electron chi connectivity index (χ4n) is 2.49. The number of nitrogens with zero attached hydrogens (tertiary/aromatic N) is 3. The topological polar surface area (TPSA) is 86.7 Å². The molecule has 0 aliphatic carbocycles. The number of rotatable bonds is 4. The Morgan fingerprint density at radius 3 is 2.80 bits per heavy atom. The lowest BCUT2D eigenvalue weighted by Gasteiger charge is -2.03. The van der Waals surface area contributed by atoms with Crippen molar-refractivity contribution in [2.45, 2.75) is 6.92 Å². The van der Waals surface area contributed by atoms with E-state index < -0.39 is 10.9 Å². The zero-order chi connectivity index (χ0) is 18.0. The molecule has 0 aliphatic heterocycles. The monoisotopic (exact) mass is 337 g/mol. The van der Waals surface area contributed by atoms with Gasteiger partial charge >= 0.3 is 5.97 Å². The molecule has 0 aliphatic rings. The zero-order valence-electron chi connectivity index (χ0n) is 13.7. The molecule has 0 amide bonds. The van der Waals surface area contributed by atoms with Crippen LogP contribution in [0.1, 0.15) is 11.1 Å². The predicted octanol–water partition coefficient (Wildman–Crippen LogP) is 3.40. The molecule has 0 atom stereocenters. The van der Waals surface area contributed by atoms with Gasteiger partial charge in [-0.15, -0.1) is 0 Å². The number of nitro benzene ring substituents is 1. The quantitative estimate of drug-likeness (QED) is 0.315. The molecule has 126 valence electrons. The number of carbonyl (C=O) groups excluding carboxylic acids is 1. The lowest BCUT2D eigenvalue weighted by molar-refractivity contribution is -0.384. The molecule has 0 fully saturated rings. The molecule has 7 nitrogen and oxygen atoms in total. The number of fused-ring (bicyclic) bond motifs is 1. The Bertz CT molecular complexity index is 1000. The maximum atomic E-state index is 11.4. The Morgan fingerprint density at radius 2 is 2.08 bits per heavy atom. The number of carbonyl (C=O) groups is 1. The third-order valence-electron chi connectivity index (χ3n) is 3.72. The first-order valence-electron chi connectivity index (χ1n) is 7.48. The van der Waals surface area contributed by atoms with Crippen molar-refractivity contribution in [2.24, 2.45) is 0 Å². The SMILES string of the molecule is COC(=O)/C=C/c1cc([N+](=O)[O-])ccc1-c1cn2cc(C)ccc2n1. The summed E-state index contributed by atoms with van der Waals surface area (Å²) >= 11 is 0. The molecule has 7 heteroatoms. The lowest BCUT2D eigenvalue weighted by Crippen LogP contribution is -1.95. The molecule has 0 saturated carbocycles. The summed E-state index contributed by atoms with van der Waals surface area (Å²) in [6.07, 6.45) is 6.51. The van der Waals surface area contributed by atoms with Crippen LogP contribution in [0.3, 0.4) is 0 Å². The summed E-state index contributed by atoms with van der Waals surface area (Å²) in [5, 5.41) is 11.0. The van der Waals surface area contributed by atoms with Crippen LogP contribution in [0, 0.1) is 17.0 Å². The minimum Gasteiger partial charge on any atom is -0.466 e. The first-order chi connectivity index (χ1) is 12.0. The number of aryl methyl sites for hydroxylation is 1. The molecular weight excluding hydrogens is 322 g/mol. The summed E-state index contributed by atoms with van der Waals surface area (Å²) in [5.74, 6) is -0.539. The highest BCUT2D eigenvalue weighted by Crippen LogP contribution is 2.28. The van der Waals surface area contributed by atoms with E-state index in [0.29, 0.717) is 16.8 Å². The average Bonchev–Trinajstić information content (AvgIpc) is 3.02. The molecule has 2 heterocycles. The number of benzene rings is 1. The Labute approximate surface area is 143 Å². The number of ether oxygens (including phenoxy) is 1. The van der Waals surface area contributed by atoms with Gasteiger partial charge in [0, 0.05) is 36.2 Å². The number of imidazole rings is 1. The number of hydrogen-bond acceptors (Lipinski definition) is 5. The summed E-state index contributed by atoms with van der Waals surface area (Å²) in [4.78, 5) is 26.5. The van der Waals surface area contributed by atoms with Crippen molar-refractivity contribution in [3.05, 3.63) is 70.0 Å². The molecule has 2 aromatic heterocycles. The normalized spacial score (nSPS) is 11.1. The first kappa shape index (κ1) is 16.4.